The van der Waals surface area contributed by atoms with Crippen molar-refractivity contribution in [2.24, 2.45) is 0 Å². The zero-order chi connectivity index (χ0) is 20.2. The normalized spacial score (nSPS) is 14.3. The number of piperazine rings is 1. The quantitative estimate of drug-likeness (QED) is 0.599. The van der Waals surface area contributed by atoms with E-state index in [4.69, 9.17) is 4.42 Å². The summed E-state index contributed by atoms with van der Waals surface area (Å²) >= 11 is 1.28. The third-order valence-corrected chi connectivity index (χ3v) is 5.89. The van der Waals surface area contributed by atoms with Crippen LogP contribution in [0, 0.1) is 13.8 Å². The molecule has 1 aliphatic heterocycles. The summed E-state index contributed by atoms with van der Waals surface area (Å²) in [6.45, 7) is 7.06. The summed E-state index contributed by atoms with van der Waals surface area (Å²) in [4.78, 5) is 21.0. The standard InChI is InChI=1S/C21H23N5O2S/c1-15-6-7-17(13-16(15)2)20-23-24-21(28-20)29-14-19(27)26-11-9-25(10-12-26)18-5-3-4-8-22-18/h3-8,13H,9-12,14H2,1-2H3. The first kappa shape index (κ1) is 19.4. The van der Waals surface area contributed by atoms with Crippen LogP contribution < -0.4 is 4.90 Å². The van der Waals surface area contributed by atoms with E-state index in [1.54, 1.807) is 6.20 Å². The van der Waals surface area contributed by atoms with Crippen LogP contribution in [0.5, 0.6) is 0 Å². The summed E-state index contributed by atoms with van der Waals surface area (Å²) in [6, 6.07) is 11.9. The molecule has 29 heavy (non-hydrogen) atoms. The zero-order valence-electron chi connectivity index (χ0n) is 16.5. The van der Waals surface area contributed by atoms with Crippen molar-refractivity contribution in [3.8, 4) is 11.5 Å². The van der Waals surface area contributed by atoms with Gasteiger partial charge in [-0.25, -0.2) is 4.98 Å². The average Bonchev–Trinajstić information content (AvgIpc) is 3.24. The van der Waals surface area contributed by atoms with Crippen molar-refractivity contribution in [3.63, 3.8) is 0 Å². The summed E-state index contributed by atoms with van der Waals surface area (Å²) < 4.78 is 5.73. The summed E-state index contributed by atoms with van der Waals surface area (Å²) in [7, 11) is 0. The maximum atomic E-state index is 12.6. The number of nitrogens with zero attached hydrogens (tertiary/aromatic N) is 5. The van der Waals surface area contributed by atoms with Gasteiger partial charge in [0.1, 0.15) is 5.82 Å². The Morgan fingerprint density at radius 2 is 1.90 bits per heavy atom. The maximum Gasteiger partial charge on any atom is 0.277 e. The molecular weight excluding hydrogens is 386 g/mol. The van der Waals surface area contributed by atoms with E-state index in [2.05, 4.69) is 33.9 Å². The largest absolute Gasteiger partial charge is 0.411 e. The Morgan fingerprint density at radius 3 is 2.62 bits per heavy atom. The average molecular weight is 410 g/mol. The number of amides is 1. The molecule has 1 aromatic carbocycles. The van der Waals surface area contributed by atoms with E-state index in [0.29, 0.717) is 24.2 Å². The maximum absolute atomic E-state index is 12.6. The Balaban J connectivity index is 1.29. The highest BCUT2D eigenvalue weighted by Crippen LogP contribution is 2.25. The molecule has 1 aliphatic rings. The molecule has 0 aliphatic carbocycles. The predicted molar refractivity (Wildman–Crippen MR) is 113 cm³/mol. The molecule has 0 radical (unpaired) electrons. The molecule has 0 saturated carbocycles. The minimum absolute atomic E-state index is 0.0848. The summed E-state index contributed by atoms with van der Waals surface area (Å²) in [5.41, 5.74) is 3.29. The number of aryl methyl sites for hydroxylation is 2. The Labute approximate surface area is 174 Å². The SMILES string of the molecule is Cc1ccc(-c2nnc(SCC(=O)N3CCN(c4ccccn4)CC3)o2)cc1C. The molecule has 4 rings (SSSR count). The van der Waals surface area contributed by atoms with Crippen LogP contribution in [0.4, 0.5) is 5.82 Å². The Bertz CT molecular complexity index is 984. The van der Waals surface area contributed by atoms with Crippen molar-refractivity contribution in [3.05, 3.63) is 53.7 Å². The van der Waals surface area contributed by atoms with Gasteiger partial charge in [-0.3, -0.25) is 4.79 Å². The Hall–Kier alpha value is -2.87. The van der Waals surface area contributed by atoms with Crippen molar-refractivity contribution >= 4 is 23.5 Å². The number of hydrogen-bond donors (Lipinski definition) is 0. The molecule has 0 bridgehead atoms. The summed E-state index contributed by atoms with van der Waals surface area (Å²) in [5.74, 6) is 1.81. The van der Waals surface area contributed by atoms with E-state index < -0.39 is 0 Å². The fourth-order valence-electron chi connectivity index (χ4n) is 3.20. The van der Waals surface area contributed by atoms with Gasteiger partial charge in [-0.1, -0.05) is 23.9 Å². The molecule has 1 amide bonds. The molecule has 1 saturated heterocycles. The molecule has 0 atom stereocenters. The van der Waals surface area contributed by atoms with Gasteiger partial charge in [-0.2, -0.15) is 0 Å². The van der Waals surface area contributed by atoms with Gasteiger partial charge in [-0.15, -0.1) is 10.2 Å². The number of aromatic nitrogens is 3. The molecule has 150 valence electrons. The van der Waals surface area contributed by atoms with Crippen LogP contribution in [0.1, 0.15) is 11.1 Å². The number of carbonyl (C=O) groups is 1. The van der Waals surface area contributed by atoms with Crippen molar-refractivity contribution in [1.82, 2.24) is 20.1 Å². The van der Waals surface area contributed by atoms with E-state index in [1.807, 2.05) is 41.3 Å². The molecule has 2 aromatic heterocycles. The second-order valence-electron chi connectivity index (χ2n) is 7.02. The fraction of sp³-hybridized carbons (Fsp3) is 0.333. The molecule has 1 fully saturated rings. The van der Waals surface area contributed by atoms with Crippen molar-refractivity contribution in [2.75, 3.05) is 36.8 Å². The first-order valence-corrected chi connectivity index (χ1v) is 10.6. The van der Waals surface area contributed by atoms with E-state index in [-0.39, 0.29) is 11.7 Å². The van der Waals surface area contributed by atoms with Crippen molar-refractivity contribution in [1.29, 1.82) is 0 Å². The minimum atomic E-state index is 0.0848. The predicted octanol–water partition coefficient (Wildman–Crippen LogP) is 3.19. The van der Waals surface area contributed by atoms with Gasteiger partial charge in [0, 0.05) is 37.9 Å². The Morgan fingerprint density at radius 1 is 1.07 bits per heavy atom. The number of pyridine rings is 1. The van der Waals surface area contributed by atoms with Crippen LogP contribution in [0.15, 0.2) is 52.2 Å². The number of rotatable bonds is 5. The second kappa shape index (κ2) is 8.65. The van der Waals surface area contributed by atoms with Crippen LogP contribution in [0.3, 0.4) is 0 Å². The van der Waals surface area contributed by atoms with Gasteiger partial charge < -0.3 is 14.2 Å². The molecule has 0 unspecified atom stereocenters. The number of thioether (sulfide) groups is 1. The number of benzene rings is 1. The van der Waals surface area contributed by atoms with Crippen LogP contribution in [0.25, 0.3) is 11.5 Å². The molecule has 0 N–H and O–H groups in total. The third kappa shape index (κ3) is 4.59. The van der Waals surface area contributed by atoms with Gasteiger partial charge in [0.25, 0.3) is 5.22 Å². The second-order valence-corrected chi connectivity index (χ2v) is 7.94. The molecule has 0 spiro atoms. The van der Waals surface area contributed by atoms with Crippen LogP contribution in [0.2, 0.25) is 0 Å². The molecule has 3 heterocycles. The van der Waals surface area contributed by atoms with Gasteiger partial charge in [-0.05, 0) is 49.2 Å². The van der Waals surface area contributed by atoms with Crippen molar-refractivity contribution in [2.45, 2.75) is 19.1 Å². The lowest BCUT2D eigenvalue weighted by molar-refractivity contribution is -0.128. The fourth-order valence-corrected chi connectivity index (χ4v) is 3.87. The monoisotopic (exact) mass is 409 g/mol. The highest BCUT2D eigenvalue weighted by Gasteiger charge is 2.22. The molecule has 3 aromatic rings. The van der Waals surface area contributed by atoms with E-state index in [0.717, 1.165) is 24.5 Å². The Kier molecular flexibility index (Phi) is 5.80. The third-order valence-electron chi connectivity index (χ3n) is 5.09. The van der Waals surface area contributed by atoms with Crippen LogP contribution in [-0.2, 0) is 4.79 Å². The number of carbonyl (C=O) groups excluding carboxylic acids is 1. The van der Waals surface area contributed by atoms with Gasteiger partial charge in [0.15, 0.2) is 0 Å². The van der Waals surface area contributed by atoms with E-state index in [9.17, 15) is 4.79 Å². The van der Waals surface area contributed by atoms with Gasteiger partial charge >= 0.3 is 0 Å². The van der Waals surface area contributed by atoms with Gasteiger partial charge in [0.05, 0.1) is 5.75 Å². The summed E-state index contributed by atoms with van der Waals surface area (Å²) in [5, 5.41) is 8.60. The first-order chi connectivity index (χ1) is 14.1. The minimum Gasteiger partial charge on any atom is -0.411 e. The molecule has 7 nitrogen and oxygen atoms in total. The smallest absolute Gasteiger partial charge is 0.277 e. The summed E-state index contributed by atoms with van der Waals surface area (Å²) in [6.07, 6.45) is 1.79. The van der Waals surface area contributed by atoms with Crippen LogP contribution in [-0.4, -0.2) is 57.9 Å². The number of anilines is 1. The van der Waals surface area contributed by atoms with Crippen LogP contribution >= 0.6 is 11.8 Å². The lowest BCUT2D eigenvalue weighted by Gasteiger charge is -2.35. The molecule has 8 heteroatoms. The topological polar surface area (TPSA) is 75.4 Å². The van der Waals surface area contributed by atoms with Crippen molar-refractivity contribution < 1.29 is 9.21 Å². The zero-order valence-corrected chi connectivity index (χ0v) is 17.4. The highest BCUT2D eigenvalue weighted by molar-refractivity contribution is 7.99. The number of hydrogen-bond acceptors (Lipinski definition) is 7. The first-order valence-electron chi connectivity index (χ1n) is 9.58. The lowest BCUT2D eigenvalue weighted by atomic mass is 10.1. The van der Waals surface area contributed by atoms with E-state index >= 15 is 0 Å². The highest BCUT2D eigenvalue weighted by atomic mass is 32.2. The molecular formula is C21H23N5O2S. The lowest BCUT2D eigenvalue weighted by Crippen LogP contribution is -2.49. The van der Waals surface area contributed by atoms with E-state index in [1.165, 1.54) is 22.9 Å². The van der Waals surface area contributed by atoms with Gasteiger partial charge in [0.2, 0.25) is 11.8 Å².